The highest BCUT2D eigenvalue weighted by Gasteiger charge is 2.04. The van der Waals surface area contributed by atoms with Crippen molar-refractivity contribution in [1.82, 2.24) is 0 Å². The van der Waals surface area contributed by atoms with E-state index in [4.69, 9.17) is 9.47 Å². The molecule has 1 aromatic rings. The number of halogens is 1. The Balaban J connectivity index is 2.24. The van der Waals surface area contributed by atoms with Crippen LogP contribution < -0.4 is 0 Å². The molecule has 0 aliphatic carbocycles. The van der Waals surface area contributed by atoms with Crippen molar-refractivity contribution in [2.24, 2.45) is 0 Å². The van der Waals surface area contributed by atoms with E-state index in [0.717, 1.165) is 5.56 Å². The highest BCUT2D eigenvalue weighted by molar-refractivity contribution is 14.1. The molecule has 0 aliphatic rings. The van der Waals surface area contributed by atoms with Crippen molar-refractivity contribution in [1.29, 1.82) is 0 Å². The van der Waals surface area contributed by atoms with E-state index in [1.807, 2.05) is 30.3 Å². The lowest BCUT2D eigenvalue weighted by atomic mass is 10.2. The first kappa shape index (κ1) is 15.4. The molecule has 0 N–H and O–H groups in total. The fourth-order valence-electron chi connectivity index (χ4n) is 1.13. The summed E-state index contributed by atoms with van der Waals surface area (Å²) in [5.74, 6) is -0.982. The molecule has 0 heterocycles. The molecule has 0 saturated heterocycles. The number of rotatable bonds is 6. The van der Waals surface area contributed by atoms with Crippen LogP contribution in [0.3, 0.4) is 0 Å². The topological polar surface area (TPSA) is 52.6 Å². The summed E-state index contributed by atoms with van der Waals surface area (Å²) in [5.41, 5.74) is 0.909. The molecule has 0 aliphatic heterocycles. The number of ether oxygens (including phenoxy) is 2. The highest BCUT2D eigenvalue weighted by Crippen LogP contribution is 2.04. The van der Waals surface area contributed by atoms with Gasteiger partial charge in [-0.2, -0.15) is 0 Å². The lowest BCUT2D eigenvalue weighted by Crippen LogP contribution is -2.12. The predicted octanol–water partition coefficient (Wildman–Crippen LogP) is 2.73. The molecular weight excluding hydrogens is 359 g/mol. The van der Waals surface area contributed by atoms with Crippen LogP contribution in [0.1, 0.15) is 5.56 Å². The van der Waals surface area contributed by atoms with Crippen molar-refractivity contribution < 1.29 is 19.1 Å². The Morgan fingerprint density at radius 2 is 1.79 bits per heavy atom. The zero-order valence-corrected chi connectivity index (χ0v) is 12.3. The molecule has 0 amide bonds. The van der Waals surface area contributed by atoms with Crippen LogP contribution in [0.2, 0.25) is 0 Å². The maximum atomic E-state index is 11.3. The van der Waals surface area contributed by atoms with E-state index >= 15 is 0 Å². The normalized spacial score (nSPS) is 10.2. The van der Waals surface area contributed by atoms with Crippen LogP contribution in [-0.4, -0.2) is 25.2 Å². The number of carbonyl (C=O) groups excluding carboxylic acids is 2. The van der Waals surface area contributed by atoms with Gasteiger partial charge in [-0.05, 0) is 34.2 Å². The number of hydrogen-bond donors (Lipinski definition) is 0. The standard InChI is InChI=1S/C14H13IO4/c1-11(15)14(17)19-10-9-18-13(16)8-7-12-5-3-2-4-6-12/h2-8H,1,9-10H2/b8-7+. The minimum atomic E-state index is -0.503. The van der Waals surface area contributed by atoms with E-state index in [-0.39, 0.29) is 16.8 Å². The van der Waals surface area contributed by atoms with E-state index in [2.05, 4.69) is 6.58 Å². The highest BCUT2D eigenvalue weighted by atomic mass is 127. The van der Waals surface area contributed by atoms with Gasteiger partial charge in [-0.3, -0.25) is 0 Å². The largest absolute Gasteiger partial charge is 0.459 e. The Hall–Kier alpha value is -1.63. The van der Waals surface area contributed by atoms with Crippen LogP contribution in [0.4, 0.5) is 0 Å². The van der Waals surface area contributed by atoms with Crippen LogP contribution >= 0.6 is 22.6 Å². The van der Waals surface area contributed by atoms with Crippen molar-refractivity contribution in [2.75, 3.05) is 13.2 Å². The molecular formula is C14H13IO4. The summed E-state index contributed by atoms with van der Waals surface area (Å²) in [6.45, 7) is 3.47. The molecule has 0 radical (unpaired) electrons. The summed E-state index contributed by atoms with van der Waals surface area (Å²) in [5, 5.41) is 0. The van der Waals surface area contributed by atoms with Gasteiger partial charge >= 0.3 is 11.9 Å². The number of esters is 2. The summed E-state index contributed by atoms with van der Waals surface area (Å²) < 4.78 is 9.91. The van der Waals surface area contributed by atoms with Crippen LogP contribution in [0.15, 0.2) is 46.6 Å². The van der Waals surface area contributed by atoms with Gasteiger partial charge in [0.1, 0.15) is 13.2 Å². The van der Waals surface area contributed by atoms with Gasteiger partial charge in [0.25, 0.3) is 0 Å². The molecule has 1 aromatic carbocycles. The van der Waals surface area contributed by atoms with E-state index in [1.54, 1.807) is 28.7 Å². The van der Waals surface area contributed by atoms with Gasteiger partial charge in [-0.1, -0.05) is 36.9 Å². The minimum Gasteiger partial charge on any atom is -0.459 e. The molecule has 4 nitrogen and oxygen atoms in total. The predicted molar refractivity (Wildman–Crippen MR) is 80.6 cm³/mol. The average molecular weight is 372 g/mol. The van der Waals surface area contributed by atoms with Crippen LogP contribution in [0.25, 0.3) is 6.08 Å². The first-order valence-electron chi connectivity index (χ1n) is 5.51. The Bertz CT molecular complexity index is 479. The van der Waals surface area contributed by atoms with Gasteiger partial charge in [0.05, 0.1) is 3.58 Å². The Labute approximate surface area is 125 Å². The first-order valence-corrected chi connectivity index (χ1v) is 6.59. The summed E-state index contributed by atoms with van der Waals surface area (Å²) >= 11 is 1.77. The van der Waals surface area contributed by atoms with Crippen molar-refractivity contribution in [3.63, 3.8) is 0 Å². The Morgan fingerprint density at radius 3 is 2.42 bits per heavy atom. The van der Waals surface area contributed by atoms with Gasteiger partial charge in [0.2, 0.25) is 0 Å². The van der Waals surface area contributed by atoms with Crippen LogP contribution in [0.5, 0.6) is 0 Å². The molecule has 0 bridgehead atoms. The number of carbonyl (C=O) groups is 2. The quantitative estimate of drug-likeness (QED) is 0.334. The second-order valence-corrected chi connectivity index (χ2v) is 4.75. The third-order valence-electron chi connectivity index (χ3n) is 1.99. The number of hydrogen-bond acceptors (Lipinski definition) is 4. The fourth-order valence-corrected chi connectivity index (χ4v) is 1.29. The Kier molecular flexibility index (Phi) is 6.88. The SMILES string of the molecule is C=C(I)C(=O)OCCOC(=O)/C=C/c1ccccc1. The molecule has 5 heteroatoms. The molecule has 0 fully saturated rings. The van der Waals surface area contributed by atoms with Gasteiger partial charge in [-0.15, -0.1) is 0 Å². The van der Waals surface area contributed by atoms with Crippen molar-refractivity contribution in [3.8, 4) is 0 Å². The molecule has 0 unspecified atom stereocenters. The van der Waals surface area contributed by atoms with E-state index < -0.39 is 11.9 Å². The molecule has 1 rings (SSSR count). The average Bonchev–Trinajstić information content (AvgIpc) is 2.42. The van der Waals surface area contributed by atoms with E-state index in [0.29, 0.717) is 0 Å². The molecule has 100 valence electrons. The number of benzene rings is 1. The molecule has 0 spiro atoms. The summed E-state index contributed by atoms with van der Waals surface area (Å²) in [6, 6.07) is 9.39. The maximum absolute atomic E-state index is 11.3. The van der Waals surface area contributed by atoms with Crippen LogP contribution in [-0.2, 0) is 19.1 Å². The molecule has 0 saturated carbocycles. The third-order valence-corrected chi connectivity index (χ3v) is 2.43. The summed E-state index contributed by atoms with van der Waals surface area (Å²) in [7, 11) is 0. The first-order chi connectivity index (χ1) is 9.09. The van der Waals surface area contributed by atoms with Gasteiger partial charge in [-0.25, -0.2) is 9.59 Å². The zero-order chi connectivity index (χ0) is 14.1. The second kappa shape index (κ2) is 8.47. The molecule has 19 heavy (non-hydrogen) atoms. The van der Waals surface area contributed by atoms with Crippen LogP contribution in [0, 0.1) is 0 Å². The minimum absolute atomic E-state index is 0.0196. The monoisotopic (exact) mass is 372 g/mol. The van der Waals surface area contributed by atoms with Gasteiger partial charge in [0.15, 0.2) is 0 Å². The lowest BCUT2D eigenvalue weighted by Gasteiger charge is -2.03. The van der Waals surface area contributed by atoms with Crippen molar-refractivity contribution in [3.05, 3.63) is 52.1 Å². The zero-order valence-electron chi connectivity index (χ0n) is 10.2. The van der Waals surface area contributed by atoms with Gasteiger partial charge in [0, 0.05) is 6.08 Å². The summed E-state index contributed by atoms with van der Waals surface area (Å²) in [6.07, 6.45) is 2.98. The smallest absolute Gasteiger partial charge is 0.343 e. The Morgan fingerprint density at radius 1 is 1.16 bits per heavy atom. The maximum Gasteiger partial charge on any atom is 0.343 e. The second-order valence-electron chi connectivity index (χ2n) is 3.45. The van der Waals surface area contributed by atoms with Crippen molar-refractivity contribution >= 4 is 40.6 Å². The molecule has 0 atom stereocenters. The molecule has 0 aromatic heterocycles. The fraction of sp³-hybridized carbons (Fsp3) is 0.143. The lowest BCUT2D eigenvalue weighted by molar-refractivity contribution is -0.146. The summed E-state index contributed by atoms with van der Waals surface area (Å²) in [4.78, 5) is 22.3. The van der Waals surface area contributed by atoms with E-state index in [9.17, 15) is 9.59 Å². The van der Waals surface area contributed by atoms with Crippen molar-refractivity contribution in [2.45, 2.75) is 0 Å². The third kappa shape index (κ3) is 6.76. The van der Waals surface area contributed by atoms with E-state index in [1.165, 1.54) is 6.08 Å². The van der Waals surface area contributed by atoms with Gasteiger partial charge < -0.3 is 9.47 Å².